The number of hydrogen-bond acceptors (Lipinski definition) is 5. The van der Waals surface area contributed by atoms with Crippen LogP contribution in [0.3, 0.4) is 0 Å². The number of nitrogens with zero attached hydrogens (tertiary/aromatic N) is 2. The molecule has 5 N–H and O–H groups in total. The van der Waals surface area contributed by atoms with Gasteiger partial charge in [-0.15, -0.1) is 0 Å². The molecule has 0 aliphatic carbocycles. The smallest absolute Gasteiger partial charge is 0.149 e. The molecule has 0 saturated carbocycles. The van der Waals surface area contributed by atoms with Crippen molar-refractivity contribution in [2.24, 2.45) is 0 Å². The Bertz CT molecular complexity index is 586. The molecule has 0 aliphatic heterocycles. The van der Waals surface area contributed by atoms with Gasteiger partial charge in [-0.25, -0.2) is 4.98 Å². The highest BCUT2D eigenvalue weighted by atomic mass is 15.0. The normalized spacial score (nSPS) is 9.59. The molecule has 1 aromatic heterocycles. The fourth-order valence-corrected chi connectivity index (χ4v) is 1.37. The zero-order valence-electron chi connectivity index (χ0n) is 9.01. The molecule has 5 heteroatoms. The van der Waals surface area contributed by atoms with E-state index in [0.717, 1.165) is 5.69 Å². The highest BCUT2D eigenvalue weighted by Gasteiger charge is 2.00. The van der Waals surface area contributed by atoms with Crippen molar-refractivity contribution in [2.75, 3.05) is 16.8 Å². The van der Waals surface area contributed by atoms with Gasteiger partial charge in [0.25, 0.3) is 0 Å². The summed E-state index contributed by atoms with van der Waals surface area (Å²) >= 11 is 0. The molecule has 1 heterocycles. The Morgan fingerprint density at radius 3 is 2.71 bits per heavy atom. The summed E-state index contributed by atoms with van der Waals surface area (Å²) in [6, 6.07) is 12.6. The molecule has 0 spiro atoms. The van der Waals surface area contributed by atoms with Gasteiger partial charge in [0.2, 0.25) is 0 Å². The summed E-state index contributed by atoms with van der Waals surface area (Å²) in [7, 11) is 0. The molecule has 0 aliphatic rings. The van der Waals surface area contributed by atoms with E-state index in [1.807, 2.05) is 6.07 Å². The fourth-order valence-electron chi connectivity index (χ4n) is 1.37. The van der Waals surface area contributed by atoms with Gasteiger partial charge in [-0.3, -0.25) is 0 Å². The van der Waals surface area contributed by atoms with Crippen molar-refractivity contribution in [2.45, 2.75) is 0 Å². The van der Waals surface area contributed by atoms with Gasteiger partial charge in [0.05, 0.1) is 17.3 Å². The van der Waals surface area contributed by atoms with E-state index in [1.54, 1.807) is 30.3 Å². The van der Waals surface area contributed by atoms with Crippen LogP contribution in [-0.4, -0.2) is 4.98 Å². The Morgan fingerprint density at radius 1 is 1.18 bits per heavy atom. The van der Waals surface area contributed by atoms with E-state index in [2.05, 4.69) is 16.4 Å². The number of nitriles is 1. The molecule has 0 amide bonds. The number of anilines is 4. The molecule has 2 aromatic rings. The highest BCUT2D eigenvalue weighted by Crippen LogP contribution is 2.19. The molecule has 0 saturated heterocycles. The highest BCUT2D eigenvalue weighted by molar-refractivity contribution is 5.65. The monoisotopic (exact) mass is 225 g/mol. The Hall–Kier alpha value is -2.74. The topological polar surface area (TPSA) is 101 Å². The van der Waals surface area contributed by atoms with Crippen LogP contribution in [0.15, 0.2) is 36.4 Å². The maximum Gasteiger partial charge on any atom is 0.149 e. The minimum atomic E-state index is 0.284. The summed E-state index contributed by atoms with van der Waals surface area (Å²) in [5.74, 6) is 0.873. The summed E-state index contributed by atoms with van der Waals surface area (Å²) in [5.41, 5.74) is 13.0. The van der Waals surface area contributed by atoms with Crippen LogP contribution in [0.5, 0.6) is 0 Å². The third-order valence-electron chi connectivity index (χ3n) is 2.22. The van der Waals surface area contributed by atoms with Crippen LogP contribution in [-0.2, 0) is 0 Å². The largest absolute Gasteiger partial charge is 0.396 e. The molecule has 0 bridgehead atoms. The van der Waals surface area contributed by atoms with Crippen molar-refractivity contribution in [3.63, 3.8) is 0 Å². The van der Waals surface area contributed by atoms with Gasteiger partial charge in [-0.1, -0.05) is 6.07 Å². The van der Waals surface area contributed by atoms with Crippen LogP contribution in [0.25, 0.3) is 0 Å². The molecule has 0 unspecified atom stereocenters. The number of benzene rings is 1. The maximum atomic E-state index is 8.78. The Balaban J connectivity index is 2.25. The quantitative estimate of drug-likeness (QED) is 0.724. The Labute approximate surface area is 98.7 Å². The summed E-state index contributed by atoms with van der Waals surface area (Å²) < 4.78 is 0. The SMILES string of the molecule is N#Cc1cccc(Nc2ccc(N)c(N)n2)c1. The minimum absolute atomic E-state index is 0.284. The van der Waals surface area contributed by atoms with Crippen LogP contribution in [0, 0.1) is 11.3 Å². The van der Waals surface area contributed by atoms with E-state index >= 15 is 0 Å². The standard InChI is InChI=1S/C12H11N5/c13-7-8-2-1-3-9(6-8)16-11-5-4-10(14)12(15)17-11/h1-6H,14H2,(H3,15,16,17). The second-order valence-corrected chi connectivity index (χ2v) is 3.49. The summed E-state index contributed by atoms with van der Waals surface area (Å²) in [6.45, 7) is 0. The van der Waals surface area contributed by atoms with Gasteiger partial charge in [0.1, 0.15) is 11.6 Å². The van der Waals surface area contributed by atoms with Crippen LogP contribution in [0.4, 0.5) is 23.0 Å². The first-order valence-electron chi connectivity index (χ1n) is 4.98. The second kappa shape index (κ2) is 4.41. The predicted octanol–water partition coefficient (Wildman–Crippen LogP) is 1.86. The van der Waals surface area contributed by atoms with Crippen molar-refractivity contribution in [3.8, 4) is 6.07 Å². The van der Waals surface area contributed by atoms with Crippen molar-refractivity contribution in [1.82, 2.24) is 4.98 Å². The number of pyridine rings is 1. The number of nitrogens with two attached hydrogens (primary N) is 2. The average molecular weight is 225 g/mol. The number of nitrogen functional groups attached to an aromatic ring is 2. The first kappa shape index (κ1) is 10.8. The number of aromatic nitrogens is 1. The average Bonchev–Trinajstić information content (AvgIpc) is 2.34. The lowest BCUT2D eigenvalue weighted by atomic mass is 10.2. The van der Waals surface area contributed by atoms with E-state index in [1.165, 1.54) is 0 Å². The molecule has 0 radical (unpaired) electrons. The first-order chi connectivity index (χ1) is 8.19. The van der Waals surface area contributed by atoms with Crippen molar-refractivity contribution < 1.29 is 0 Å². The summed E-state index contributed by atoms with van der Waals surface area (Å²) in [6.07, 6.45) is 0. The first-order valence-corrected chi connectivity index (χ1v) is 4.98. The van der Waals surface area contributed by atoms with Gasteiger partial charge in [-0.05, 0) is 30.3 Å². The lowest BCUT2D eigenvalue weighted by Gasteiger charge is -2.07. The molecular formula is C12H11N5. The van der Waals surface area contributed by atoms with Crippen molar-refractivity contribution in [3.05, 3.63) is 42.0 Å². The van der Waals surface area contributed by atoms with Crippen molar-refractivity contribution in [1.29, 1.82) is 5.26 Å². The molecule has 0 atom stereocenters. The zero-order valence-corrected chi connectivity index (χ0v) is 9.01. The van der Waals surface area contributed by atoms with E-state index < -0.39 is 0 Å². The van der Waals surface area contributed by atoms with Gasteiger partial charge >= 0.3 is 0 Å². The van der Waals surface area contributed by atoms with Crippen LogP contribution < -0.4 is 16.8 Å². The van der Waals surface area contributed by atoms with Crippen LogP contribution in [0.1, 0.15) is 5.56 Å². The maximum absolute atomic E-state index is 8.78. The summed E-state index contributed by atoms with van der Waals surface area (Å²) in [4.78, 5) is 4.08. The predicted molar refractivity (Wildman–Crippen MR) is 67.5 cm³/mol. The van der Waals surface area contributed by atoms with Gasteiger partial charge in [0, 0.05) is 5.69 Å². The minimum Gasteiger partial charge on any atom is -0.396 e. The van der Waals surface area contributed by atoms with Crippen molar-refractivity contribution >= 4 is 23.0 Å². The third kappa shape index (κ3) is 2.44. The van der Waals surface area contributed by atoms with E-state index in [-0.39, 0.29) is 5.82 Å². The molecular weight excluding hydrogens is 214 g/mol. The zero-order chi connectivity index (χ0) is 12.3. The van der Waals surface area contributed by atoms with Crippen LogP contribution in [0.2, 0.25) is 0 Å². The molecule has 0 fully saturated rings. The molecule has 1 aromatic carbocycles. The van der Waals surface area contributed by atoms with E-state index in [4.69, 9.17) is 16.7 Å². The molecule has 2 rings (SSSR count). The van der Waals surface area contributed by atoms with Gasteiger partial charge in [0.15, 0.2) is 0 Å². The molecule has 5 nitrogen and oxygen atoms in total. The number of hydrogen-bond donors (Lipinski definition) is 3. The Kier molecular flexibility index (Phi) is 2.79. The third-order valence-corrected chi connectivity index (χ3v) is 2.22. The number of rotatable bonds is 2. The number of nitrogens with one attached hydrogen (secondary N) is 1. The lowest BCUT2D eigenvalue weighted by molar-refractivity contribution is 1.32. The molecule has 17 heavy (non-hydrogen) atoms. The van der Waals surface area contributed by atoms with Gasteiger partial charge < -0.3 is 16.8 Å². The Morgan fingerprint density at radius 2 is 2.00 bits per heavy atom. The summed E-state index contributed by atoms with van der Waals surface area (Å²) in [5, 5.41) is 11.8. The van der Waals surface area contributed by atoms with E-state index in [9.17, 15) is 0 Å². The van der Waals surface area contributed by atoms with E-state index in [0.29, 0.717) is 17.1 Å². The second-order valence-electron chi connectivity index (χ2n) is 3.49. The lowest BCUT2D eigenvalue weighted by Crippen LogP contribution is -2.01. The molecule has 84 valence electrons. The fraction of sp³-hybridized carbons (Fsp3) is 0. The van der Waals surface area contributed by atoms with Gasteiger partial charge in [-0.2, -0.15) is 5.26 Å². The van der Waals surface area contributed by atoms with Crippen LogP contribution >= 0.6 is 0 Å².